The number of halogens is 1. The van der Waals surface area contributed by atoms with E-state index in [4.69, 9.17) is 21.1 Å². The monoisotopic (exact) mass is 421 g/mol. The van der Waals surface area contributed by atoms with Crippen LogP contribution >= 0.6 is 11.6 Å². The SMILES string of the molecule is C[C@@H](Oc1ccc2c(c1)CCCC2)C(=O)Nc1cc(Cl)ccc1Oc1ccccc1. The number of aryl methyl sites for hydroxylation is 2. The second kappa shape index (κ2) is 9.23. The second-order valence-electron chi connectivity index (χ2n) is 7.44. The van der Waals surface area contributed by atoms with E-state index in [2.05, 4.69) is 17.4 Å². The molecule has 1 atom stereocenters. The van der Waals surface area contributed by atoms with Crippen molar-refractivity contribution in [2.75, 3.05) is 5.32 Å². The number of ether oxygens (including phenoxy) is 2. The zero-order valence-electron chi connectivity index (χ0n) is 16.9. The maximum Gasteiger partial charge on any atom is 0.265 e. The van der Waals surface area contributed by atoms with Crippen LogP contribution in [0.2, 0.25) is 5.02 Å². The van der Waals surface area contributed by atoms with Crippen LogP contribution in [0.15, 0.2) is 66.7 Å². The first kappa shape index (κ1) is 20.3. The Hall–Kier alpha value is -2.98. The molecule has 3 aromatic carbocycles. The van der Waals surface area contributed by atoms with Gasteiger partial charge < -0.3 is 14.8 Å². The summed E-state index contributed by atoms with van der Waals surface area (Å²) >= 11 is 6.14. The predicted octanol–water partition coefficient (Wildman–Crippen LogP) is 6.42. The van der Waals surface area contributed by atoms with Gasteiger partial charge in [0.15, 0.2) is 11.9 Å². The Morgan fingerprint density at radius 2 is 1.70 bits per heavy atom. The summed E-state index contributed by atoms with van der Waals surface area (Å²) in [5, 5.41) is 3.39. The van der Waals surface area contributed by atoms with Crippen molar-refractivity contribution in [2.24, 2.45) is 0 Å². The van der Waals surface area contributed by atoms with Gasteiger partial charge in [-0.25, -0.2) is 0 Å². The molecule has 1 amide bonds. The molecule has 154 valence electrons. The molecule has 0 aromatic heterocycles. The third-order valence-electron chi connectivity index (χ3n) is 5.17. The minimum Gasteiger partial charge on any atom is -0.481 e. The summed E-state index contributed by atoms with van der Waals surface area (Å²) < 4.78 is 11.8. The van der Waals surface area contributed by atoms with Crippen LogP contribution in [0.1, 0.15) is 30.9 Å². The fourth-order valence-corrected chi connectivity index (χ4v) is 3.75. The summed E-state index contributed by atoms with van der Waals surface area (Å²) in [5.41, 5.74) is 3.20. The van der Waals surface area contributed by atoms with E-state index in [-0.39, 0.29) is 5.91 Å². The van der Waals surface area contributed by atoms with Crippen molar-refractivity contribution < 1.29 is 14.3 Å². The molecule has 0 saturated heterocycles. The standard InChI is InChI=1S/C25H24ClNO3/c1-17(29-22-13-11-18-7-5-6-8-19(18)15-22)25(28)27-23-16-20(26)12-14-24(23)30-21-9-3-2-4-10-21/h2-4,9-17H,5-8H2,1H3,(H,27,28)/t17-/m1/s1. The molecule has 0 unspecified atom stereocenters. The maximum absolute atomic E-state index is 12.8. The fourth-order valence-electron chi connectivity index (χ4n) is 3.58. The summed E-state index contributed by atoms with van der Waals surface area (Å²) in [6.07, 6.45) is 3.94. The van der Waals surface area contributed by atoms with Crippen molar-refractivity contribution in [1.82, 2.24) is 0 Å². The van der Waals surface area contributed by atoms with Gasteiger partial charge in [0.25, 0.3) is 5.91 Å². The Labute approximate surface area is 181 Å². The number of para-hydroxylation sites is 1. The van der Waals surface area contributed by atoms with E-state index in [0.29, 0.717) is 28.0 Å². The van der Waals surface area contributed by atoms with Crippen LogP contribution in [0.3, 0.4) is 0 Å². The Morgan fingerprint density at radius 1 is 0.933 bits per heavy atom. The highest BCUT2D eigenvalue weighted by Crippen LogP contribution is 2.32. The topological polar surface area (TPSA) is 47.6 Å². The van der Waals surface area contributed by atoms with E-state index in [0.717, 1.165) is 12.8 Å². The van der Waals surface area contributed by atoms with Gasteiger partial charge >= 0.3 is 0 Å². The molecule has 4 rings (SSSR count). The molecule has 0 saturated carbocycles. The molecule has 30 heavy (non-hydrogen) atoms. The number of anilines is 1. The summed E-state index contributed by atoms with van der Waals surface area (Å²) in [4.78, 5) is 12.8. The first-order chi connectivity index (χ1) is 14.6. The average Bonchev–Trinajstić information content (AvgIpc) is 2.76. The Balaban J connectivity index is 1.46. The van der Waals surface area contributed by atoms with Gasteiger partial charge in [-0.3, -0.25) is 4.79 Å². The van der Waals surface area contributed by atoms with Crippen molar-refractivity contribution in [2.45, 2.75) is 38.7 Å². The average molecular weight is 422 g/mol. The Bertz CT molecular complexity index is 1040. The van der Waals surface area contributed by atoms with Gasteiger partial charge in [0.05, 0.1) is 5.69 Å². The smallest absolute Gasteiger partial charge is 0.265 e. The van der Waals surface area contributed by atoms with Crippen molar-refractivity contribution in [1.29, 1.82) is 0 Å². The molecule has 0 aliphatic heterocycles. The summed E-state index contributed by atoms with van der Waals surface area (Å²) in [6.45, 7) is 1.73. The van der Waals surface area contributed by atoms with Crippen LogP contribution in [0, 0.1) is 0 Å². The van der Waals surface area contributed by atoms with E-state index < -0.39 is 6.10 Å². The maximum atomic E-state index is 12.8. The Morgan fingerprint density at radius 3 is 2.50 bits per heavy atom. The number of hydrogen-bond donors (Lipinski definition) is 1. The number of benzene rings is 3. The van der Waals surface area contributed by atoms with Crippen LogP contribution in [0.5, 0.6) is 17.2 Å². The molecule has 1 aliphatic rings. The lowest BCUT2D eigenvalue weighted by Crippen LogP contribution is -2.30. The predicted molar refractivity (Wildman–Crippen MR) is 120 cm³/mol. The van der Waals surface area contributed by atoms with Gasteiger partial charge in [-0.05, 0) is 86.2 Å². The lowest BCUT2D eigenvalue weighted by atomic mass is 9.92. The fraction of sp³-hybridized carbons (Fsp3) is 0.240. The van der Waals surface area contributed by atoms with Crippen molar-refractivity contribution >= 4 is 23.2 Å². The van der Waals surface area contributed by atoms with Crippen LogP contribution in [0.25, 0.3) is 0 Å². The number of fused-ring (bicyclic) bond motifs is 1. The zero-order chi connectivity index (χ0) is 20.9. The van der Waals surface area contributed by atoms with Crippen LogP contribution in [-0.2, 0) is 17.6 Å². The van der Waals surface area contributed by atoms with E-state index in [1.165, 1.54) is 24.0 Å². The number of rotatable bonds is 6. The molecule has 0 radical (unpaired) electrons. The number of hydrogen-bond acceptors (Lipinski definition) is 3. The van der Waals surface area contributed by atoms with Crippen LogP contribution in [-0.4, -0.2) is 12.0 Å². The van der Waals surface area contributed by atoms with E-state index in [1.54, 1.807) is 25.1 Å². The van der Waals surface area contributed by atoms with E-state index in [1.807, 2.05) is 36.4 Å². The summed E-state index contributed by atoms with van der Waals surface area (Å²) in [7, 11) is 0. The highest BCUT2D eigenvalue weighted by molar-refractivity contribution is 6.31. The van der Waals surface area contributed by atoms with E-state index in [9.17, 15) is 4.79 Å². The van der Waals surface area contributed by atoms with E-state index >= 15 is 0 Å². The van der Waals surface area contributed by atoms with Crippen LogP contribution in [0.4, 0.5) is 5.69 Å². The molecule has 5 heteroatoms. The van der Waals surface area contributed by atoms with Gasteiger partial charge in [0.1, 0.15) is 11.5 Å². The minimum atomic E-state index is -0.671. The molecular weight excluding hydrogens is 398 g/mol. The second-order valence-corrected chi connectivity index (χ2v) is 7.88. The van der Waals surface area contributed by atoms with Crippen LogP contribution < -0.4 is 14.8 Å². The number of amides is 1. The van der Waals surface area contributed by atoms with Gasteiger partial charge in [-0.15, -0.1) is 0 Å². The highest BCUT2D eigenvalue weighted by atomic mass is 35.5. The molecule has 0 spiro atoms. The quantitative estimate of drug-likeness (QED) is 0.499. The van der Waals surface area contributed by atoms with Gasteiger partial charge in [0, 0.05) is 5.02 Å². The lowest BCUT2D eigenvalue weighted by molar-refractivity contribution is -0.122. The normalized spacial score (nSPS) is 13.8. The Kier molecular flexibility index (Phi) is 6.24. The molecule has 0 bridgehead atoms. The molecule has 3 aromatic rings. The van der Waals surface area contributed by atoms with Gasteiger partial charge in [0.2, 0.25) is 0 Å². The molecular formula is C25H24ClNO3. The molecule has 1 aliphatic carbocycles. The first-order valence-electron chi connectivity index (χ1n) is 10.2. The number of carbonyl (C=O) groups excluding carboxylic acids is 1. The molecule has 0 heterocycles. The van der Waals surface area contributed by atoms with Crippen molar-refractivity contribution in [3.05, 3.63) is 82.9 Å². The largest absolute Gasteiger partial charge is 0.481 e. The summed E-state index contributed by atoms with van der Waals surface area (Å²) in [5.74, 6) is 1.63. The first-order valence-corrected chi connectivity index (χ1v) is 10.6. The highest BCUT2D eigenvalue weighted by Gasteiger charge is 2.19. The van der Waals surface area contributed by atoms with Crippen molar-refractivity contribution in [3.63, 3.8) is 0 Å². The molecule has 0 fully saturated rings. The molecule has 1 N–H and O–H groups in total. The number of nitrogens with one attached hydrogen (secondary N) is 1. The van der Waals surface area contributed by atoms with Gasteiger partial charge in [-0.1, -0.05) is 35.9 Å². The zero-order valence-corrected chi connectivity index (χ0v) is 17.6. The van der Waals surface area contributed by atoms with Crippen molar-refractivity contribution in [3.8, 4) is 17.2 Å². The minimum absolute atomic E-state index is 0.270. The number of carbonyl (C=O) groups is 1. The summed E-state index contributed by atoms with van der Waals surface area (Å²) in [6, 6.07) is 20.6. The third-order valence-corrected chi connectivity index (χ3v) is 5.41. The third kappa shape index (κ3) is 4.95. The van der Waals surface area contributed by atoms with Gasteiger partial charge in [-0.2, -0.15) is 0 Å². The lowest BCUT2D eigenvalue weighted by Gasteiger charge is -2.20. The molecule has 4 nitrogen and oxygen atoms in total.